The van der Waals surface area contributed by atoms with Gasteiger partial charge < -0.3 is 10.4 Å². The molecule has 0 aromatic heterocycles. The minimum absolute atomic E-state index is 0.124. The van der Waals surface area contributed by atoms with Gasteiger partial charge in [0, 0.05) is 12.2 Å². The summed E-state index contributed by atoms with van der Waals surface area (Å²) in [6.07, 6.45) is 12.3. The summed E-state index contributed by atoms with van der Waals surface area (Å²) in [5.74, 6) is 0. The van der Waals surface area contributed by atoms with Crippen LogP contribution >= 0.6 is 0 Å². The summed E-state index contributed by atoms with van der Waals surface area (Å²) in [5.41, 5.74) is 2.13. The Hall–Kier alpha value is -1.02. The average molecular weight is 277 g/mol. The maximum Gasteiger partial charge on any atom is 0.0681 e. The van der Waals surface area contributed by atoms with Gasteiger partial charge in [-0.05, 0) is 24.1 Å². The number of aliphatic hydroxyl groups excluding tert-OH is 1. The number of aliphatic hydroxyl groups is 1. The first kappa shape index (κ1) is 17.0. The van der Waals surface area contributed by atoms with Gasteiger partial charge in [-0.1, -0.05) is 70.4 Å². The smallest absolute Gasteiger partial charge is 0.0681 e. The van der Waals surface area contributed by atoms with Gasteiger partial charge in [0.15, 0.2) is 0 Å². The number of hydrogen-bond donors (Lipinski definition) is 2. The molecule has 2 nitrogen and oxygen atoms in total. The van der Waals surface area contributed by atoms with Crippen LogP contribution in [0.1, 0.15) is 70.3 Å². The number of anilines is 1. The predicted octanol–water partition coefficient (Wildman–Crippen LogP) is 5.12. The Morgan fingerprint density at radius 3 is 1.90 bits per heavy atom. The van der Waals surface area contributed by atoms with E-state index in [4.69, 9.17) is 5.11 Å². The van der Waals surface area contributed by atoms with Crippen LogP contribution in [0.2, 0.25) is 0 Å². The summed E-state index contributed by atoms with van der Waals surface area (Å²) in [4.78, 5) is 0. The molecule has 0 fully saturated rings. The van der Waals surface area contributed by atoms with Crippen molar-refractivity contribution < 1.29 is 5.11 Å². The normalized spacial score (nSPS) is 10.7. The van der Waals surface area contributed by atoms with Crippen LogP contribution in [-0.2, 0) is 6.61 Å². The molecule has 0 saturated heterocycles. The molecule has 0 radical (unpaired) electrons. The molecule has 2 N–H and O–H groups in total. The molecule has 0 amide bonds. The van der Waals surface area contributed by atoms with Crippen molar-refractivity contribution in [2.75, 3.05) is 11.9 Å². The summed E-state index contributed by atoms with van der Waals surface area (Å²) in [6.45, 7) is 3.44. The summed E-state index contributed by atoms with van der Waals surface area (Å²) in [5, 5.41) is 12.4. The third-order valence-corrected chi connectivity index (χ3v) is 3.75. The highest BCUT2D eigenvalue weighted by atomic mass is 16.3. The lowest BCUT2D eigenvalue weighted by atomic mass is 10.1. The minimum atomic E-state index is 0.124. The highest BCUT2D eigenvalue weighted by Gasteiger charge is 1.94. The maximum absolute atomic E-state index is 8.97. The highest BCUT2D eigenvalue weighted by Crippen LogP contribution is 2.11. The second kappa shape index (κ2) is 11.8. The number of nitrogens with one attached hydrogen (secondary N) is 1. The van der Waals surface area contributed by atoms with Crippen molar-refractivity contribution in [1.82, 2.24) is 0 Å². The third-order valence-electron chi connectivity index (χ3n) is 3.75. The van der Waals surface area contributed by atoms with Crippen molar-refractivity contribution in [2.45, 2.75) is 71.3 Å². The molecular weight excluding hydrogens is 246 g/mol. The van der Waals surface area contributed by atoms with Crippen LogP contribution in [0.15, 0.2) is 24.3 Å². The van der Waals surface area contributed by atoms with E-state index in [9.17, 15) is 0 Å². The van der Waals surface area contributed by atoms with Crippen molar-refractivity contribution in [1.29, 1.82) is 0 Å². The van der Waals surface area contributed by atoms with E-state index in [2.05, 4.69) is 12.2 Å². The molecular formula is C18H31NO. The van der Waals surface area contributed by atoms with Gasteiger partial charge in [-0.15, -0.1) is 0 Å². The lowest BCUT2D eigenvalue weighted by Gasteiger charge is -2.07. The Balaban J connectivity index is 1.91. The second-order valence-corrected chi connectivity index (χ2v) is 5.61. The molecule has 0 heterocycles. The van der Waals surface area contributed by atoms with Crippen LogP contribution in [0.3, 0.4) is 0 Å². The van der Waals surface area contributed by atoms with Crippen LogP contribution in [0.4, 0.5) is 5.69 Å². The molecule has 0 atom stereocenters. The standard InChI is InChI=1S/C18H31NO/c1-2-3-4-5-6-7-8-9-10-15-19-18-13-11-17(16-20)12-14-18/h11-14,19-20H,2-10,15-16H2,1H3. The van der Waals surface area contributed by atoms with Gasteiger partial charge in [-0.25, -0.2) is 0 Å². The zero-order valence-corrected chi connectivity index (χ0v) is 13.0. The van der Waals surface area contributed by atoms with Gasteiger partial charge in [0.1, 0.15) is 0 Å². The van der Waals surface area contributed by atoms with Crippen molar-refractivity contribution >= 4 is 5.69 Å². The third kappa shape index (κ3) is 8.21. The Labute approximate surface area is 124 Å². The molecule has 0 aliphatic heterocycles. The van der Waals surface area contributed by atoms with Gasteiger partial charge in [0.25, 0.3) is 0 Å². The van der Waals surface area contributed by atoms with Crippen LogP contribution < -0.4 is 5.32 Å². The van der Waals surface area contributed by atoms with Crippen molar-refractivity contribution in [3.63, 3.8) is 0 Å². The SMILES string of the molecule is CCCCCCCCCCCNc1ccc(CO)cc1. The molecule has 1 aromatic carbocycles. The minimum Gasteiger partial charge on any atom is -0.392 e. The molecule has 114 valence electrons. The zero-order valence-electron chi connectivity index (χ0n) is 13.0. The van der Waals surface area contributed by atoms with Crippen LogP contribution in [0, 0.1) is 0 Å². The lowest BCUT2D eigenvalue weighted by Crippen LogP contribution is -2.01. The number of unbranched alkanes of at least 4 members (excludes halogenated alkanes) is 8. The van der Waals surface area contributed by atoms with Crippen molar-refractivity contribution in [3.8, 4) is 0 Å². The van der Waals surface area contributed by atoms with Gasteiger partial charge in [-0.2, -0.15) is 0 Å². The number of hydrogen-bond acceptors (Lipinski definition) is 2. The Bertz CT molecular complexity index is 321. The van der Waals surface area contributed by atoms with Crippen LogP contribution in [0.25, 0.3) is 0 Å². The zero-order chi connectivity index (χ0) is 14.5. The lowest BCUT2D eigenvalue weighted by molar-refractivity contribution is 0.282. The summed E-state index contributed by atoms with van der Waals surface area (Å²) < 4.78 is 0. The molecule has 0 aliphatic rings. The summed E-state index contributed by atoms with van der Waals surface area (Å²) in [7, 11) is 0. The van der Waals surface area contributed by atoms with Gasteiger partial charge >= 0.3 is 0 Å². The molecule has 0 aliphatic carbocycles. The molecule has 0 unspecified atom stereocenters. The fraction of sp³-hybridized carbons (Fsp3) is 0.667. The quantitative estimate of drug-likeness (QED) is 0.520. The van der Waals surface area contributed by atoms with E-state index in [1.54, 1.807) is 0 Å². The van der Waals surface area contributed by atoms with Gasteiger partial charge in [0.2, 0.25) is 0 Å². The number of benzene rings is 1. The molecule has 0 spiro atoms. The first-order valence-electron chi connectivity index (χ1n) is 8.30. The van der Waals surface area contributed by atoms with Crippen molar-refractivity contribution in [3.05, 3.63) is 29.8 Å². The monoisotopic (exact) mass is 277 g/mol. The fourth-order valence-corrected chi connectivity index (χ4v) is 2.40. The first-order chi connectivity index (χ1) is 9.86. The van der Waals surface area contributed by atoms with E-state index in [1.165, 1.54) is 57.8 Å². The fourth-order valence-electron chi connectivity index (χ4n) is 2.40. The summed E-state index contributed by atoms with van der Waals surface area (Å²) >= 11 is 0. The van der Waals surface area contributed by atoms with Gasteiger partial charge in [-0.3, -0.25) is 0 Å². The van der Waals surface area contributed by atoms with E-state index in [-0.39, 0.29) is 6.61 Å². The average Bonchev–Trinajstić information content (AvgIpc) is 2.50. The van der Waals surface area contributed by atoms with Crippen LogP contribution in [0.5, 0.6) is 0 Å². The highest BCUT2D eigenvalue weighted by molar-refractivity contribution is 5.44. The van der Waals surface area contributed by atoms with Gasteiger partial charge in [0.05, 0.1) is 6.61 Å². The molecule has 0 bridgehead atoms. The molecule has 1 rings (SSSR count). The molecule has 1 aromatic rings. The van der Waals surface area contributed by atoms with E-state index in [0.717, 1.165) is 17.8 Å². The van der Waals surface area contributed by atoms with E-state index < -0.39 is 0 Å². The van der Waals surface area contributed by atoms with E-state index >= 15 is 0 Å². The first-order valence-corrected chi connectivity index (χ1v) is 8.30. The second-order valence-electron chi connectivity index (χ2n) is 5.61. The van der Waals surface area contributed by atoms with Crippen molar-refractivity contribution in [2.24, 2.45) is 0 Å². The molecule has 0 saturated carbocycles. The largest absolute Gasteiger partial charge is 0.392 e. The molecule has 20 heavy (non-hydrogen) atoms. The topological polar surface area (TPSA) is 32.3 Å². The Morgan fingerprint density at radius 2 is 1.35 bits per heavy atom. The maximum atomic E-state index is 8.97. The van der Waals surface area contributed by atoms with E-state index in [1.807, 2.05) is 24.3 Å². The van der Waals surface area contributed by atoms with E-state index in [0.29, 0.717) is 0 Å². The number of rotatable bonds is 12. The Morgan fingerprint density at radius 1 is 0.800 bits per heavy atom. The predicted molar refractivity (Wildman–Crippen MR) is 88.1 cm³/mol. The Kier molecular flexibility index (Phi) is 10.0. The molecule has 2 heteroatoms. The summed E-state index contributed by atoms with van der Waals surface area (Å²) in [6, 6.07) is 8.02. The van der Waals surface area contributed by atoms with Crippen LogP contribution in [-0.4, -0.2) is 11.7 Å².